The van der Waals surface area contributed by atoms with Gasteiger partial charge in [0, 0.05) is 5.75 Å². The molecule has 0 atom stereocenters. The van der Waals surface area contributed by atoms with E-state index in [4.69, 9.17) is 0 Å². The van der Waals surface area contributed by atoms with E-state index in [1.807, 2.05) is 0 Å². The van der Waals surface area contributed by atoms with Crippen molar-refractivity contribution in [2.24, 2.45) is 4.99 Å². The van der Waals surface area contributed by atoms with Crippen LogP contribution in [0.5, 0.6) is 0 Å². The van der Waals surface area contributed by atoms with Gasteiger partial charge >= 0.3 is 0 Å². The predicted octanol–water partition coefficient (Wildman–Crippen LogP) is -0.550. The Morgan fingerprint density at radius 1 is 1.83 bits per heavy atom. The summed E-state index contributed by atoms with van der Waals surface area (Å²) in [5.74, 6) is 1.32. The monoisotopic (exact) mass is 102 g/mol. The molecule has 0 spiro atoms. The lowest BCUT2D eigenvalue weighted by molar-refractivity contribution is -0.214. The Kier molecular flexibility index (Phi) is 1.01. The zero-order valence-electron chi connectivity index (χ0n) is 3.18. The van der Waals surface area contributed by atoms with Gasteiger partial charge in [0.15, 0.2) is 0 Å². The van der Waals surface area contributed by atoms with Crippen LogP contribution in [0.3, 0.4) is 0 Å². The van der Waals surface area contributed by atoms with Crippen LogP contribution in [0.1, 0.15) is 0 Å². The van der Waals surface area contributed by atoms with Crippen LogP contribution in [0.15, 0.2) is 4.99 Å². The van der Waals surface area contributed by atoms with Crippen molar-refractivity contribution in [3.63, 3.8) is 0 Å². The Morgan fingerprint density at radius 3 is 2.83 bits per heavy atom. The normalized spacial score (nSPS) is 21.0. The molecule has 0 aliphatic carbocycles. The summed E-state index contributed by atoms with van der Waals surface area (Å²) in [6.07, 6.45) is 0. The Morgan fingerprint density at radius 2 is 2.67 bits per heavy atom. The first-order valence-electron chi connectivity index (χ1n) is 1.67. The molecule has 0 saturated carbocycles. The van der Waals surface area contributed by atoms with Crippen molar-refractivity contribution in [3.05, 3.63) is 0 Å². The maximum absolute atomic E-state index is 10.1. The first kappa shape index (κ1) is 3.99. The van der Waals surface area contributed by atoms with Gasteiger partial charge in [-0.1, -0.05) is 0 Å². The Balaban J connectivity index is 2.45. The lowest BCUT2D eigenvalue weighted by atomic mass is 10.8. The summed E-state index contributed by atoms with van der Waals surface area (Å²) in [6.45, 7) is 0. The highest BCUT2D eigenvalue weighted by Gasteiger charge is 1.91. The van der Waals surface area contributed by atoms with Crippen molar-refractivity contribution < 1.29 is 5.11 Å². The standard InChI is InChI=1S/C3H5NOS/c5-3-1-6-2-4-3/h1-2H2,(H,4,5)/p-1. The average Bonchev–Trinajstić information content (AvgIpc) is 1.86. The molecule has 0 radical (unpaired) electrons. The molecule has 1 rings (SSSR count). The second-order valence-electron chi connectivity index (χ2n) is 1.03. The van der Waals surface area contributed by atoms with Crippen LogP contribution in [0.25, 0.3) is 0 Å². The summed E-state index contributed by atoms with van der Waals surface area (Å²) in [5.41, 5.74) is 0. The third kappa shape index (κ3) is 0.653. The molecule has 0 unspecified atom stereocenters. The van der Waals surface area contributed by atoms with Crippen LogP contribution in [0.4, 0.5) is 0 Å². The summed E-state index contributed by atoms with van der Waals surface area (Å²) in [4.78, 5) is 3.56. The van der Waals surface area contributed by atoms with E-state index in [1.54, 1.807) is 11.8 Å². The zero-order chi connectivity index (χ0) is 4.41. The molecule has 0 fully saturated rings. The van der Waals surface area contributed by atoms with E-state index in [1.165, 1.54) is 0 Å². The van der Waals surface area contributed by atoms with Gasteiger partial charge in [-0.25, -0.2) is 0 Å². The molecule has 0 aromatic heterocycles. The smallest absolute Gasteiger partial charge is 0.0836 e. The van der Waals surface area contributed by atoms with E-state index >= 15 is 0 Å². The molecule has 0 aromatic rings. The van der Waals surface area contributed by atoms with Gasteiger partial charge in [0.2, 0.25) is 0 Å². The molecule has 0 bridgehead atoms. The van der Waals surface area contributed by atoms with Gasteiger partial charge in [-0.05, 0) is 5.90 Å². The predicted molar refractivity (Wildman–Crippen MR) is 24.8 cm³/mol. The quantitative estimate of drug-likeness (QED) is 0.411. The molecule has 1 aliphatic heterocycles. The lowest BCUT2D eigenvalue weighted by Crippen LogP contribution is -2.16. The topological polar surface area (TPSA) is 35.4 Å². The highest BCUT2D eigenvalue weighted by Crippen LogP contribution is 2.05. The van der Waals surface area contributed by atoms with E-state index in [-0.39, 0.29) is 5.90 Å². The molecule has 0 amide bonds. The van der Waals surface area contributed by atoms with E-state index in [9.17, 15) is 5.11 Å². The summed E-state index contributed by atoms with van der Waals surface area (Å²) in [6, 6.07) is 0. The van der Waals surface area contributed by atoms with E-state index in [2.05, 4.69) is 4.99 Å². The summed E-state index contributed by atoms with van der Waals surface area (Å²) in [7, 11) is 0. The first-order valence-corrected chi connectivity index (χ1v) is 2.83. The molecular weight excluding hydrogens is 98.1 g/mol. The third-order valence-electron chi connectivity index (χ3n) is 0.558. The summed E-state index contributed by atoms with van der Waals surface area (Å²) < 4.78 is 0. The SMILES string of the molecule is [O-]C1=NCSC1. The number of aliphatic imine (C=N–C) groups is 1. The van der Waals surface area contributed by atoms with E-state index < -0.39 is 0 Å². The van der Waals surface area contributed by atoms with Gasteiger partial charge < -0.3 is 5.11 Å². The van der Waals surface area contributed by atoms with Crippen molar-refractivity contribution in [1.29, 1.82) is 0 Å². The van der Waals surface area contributed by atoms with Crippen LogP contribution < -0.4 is 5.11 Å². The van der Waals surface area contributed by atoms with Crippen LogP contribution >= 0.6 is 11.8 Å². The minimum Gasteiger partial charge on any atom is -0.861 e. The minimum atomic E-state index is 0.0417. The van der Waals surface area contributed by atoms with Gasteiger partial charge in [0.25, 0.3) is 0 Å². The van der Waals surface area contributed by atoms with Crippen LogP contribution in [-0.2, 0) is 0 Å². The molecule has 1 heterocycles. The number of thioether (sulfide) groups is 1. The van der Waals surface area contributed by atoms with Crippen molar-refractivity contribution in [2.75, 3.05) is 11.6 Å². The van der Waals surface area contributed by atoms with Gasteiger partial charge in [-0.15, -0.1) is 11.8 Å². The molecule has 0 saturated heterocycles. The molecule has 34 valence electrons. The number of rotatable bonds is 0. The Bertz CT molecular complexity index is 80.9. The second kappa shape index (κ2) is 1.51. The van der Waals surface area contributed by atoms with Gasteiger partial charge in [0.1, 0.15) is 0 Å². The first-order chi connectivity index (χ1) is 2.89. The fraction of sp³-hybridized carbons (Fsp3) is 0.667. The Labute approximate surface area is 40.3 Å². The van der Waals surface area contributed by atoms with Crippen LogP contribution in [0, 0.1) is 0 Å². The lowest BCUT2D eigenvalue weighted by Gasteiger charge is -1.95. The van der Waals surface area contributed by atoms with Crippen molar-refractivity contribution in [3.8, 4) is 0 Å². The molecule has 2 nitrogen and oxygen atoms in total. The third-order valence-corrected chi connectivity index (χ3v) is 1.32. The molecular formula is C3H4NOS-. The van der Waals surface area contributed by atoms with Crippen LogP contribution in [-0.4, -0.2) is 17.5 Å². The number of hydrogen-bond donors (Lipinski definition) is 0. The van der Waals surface area contributed by atoms with E-state index in [0.717, 1.165) is 0 Å². The fourth-order valence-corrected chi connectivity index (χ4v) is 0.889. The van der Waals surface area contributed by atoms with Crippen molar-refractivity contribution in [2.45, 2.75) is 0 Å². The number of hydrogen-bond acceptors (Lipinski definition) is 3. The van der Waals surface area contributed by atoms with Crippen LogP contribution in [0.2, 0.25) is 0 Å². The maximum Gasteiger partial charge on any atom is 0.0836 e. The summed E-state index contributed by atoms with van der Waals surface area (Å²) >= 11 is 1.57. The second-order valence-corrected chi connectivity index (χ2v) is 1.98. The van der Waals surface area contributed by atoms with Gasteiger partial charge in [-0.2, -0.15) is 0 Å². The average molecular weight is 102 g/mol. The fourth-order valence-electron chi connectivity index (χ4n) is 0.296. The molecule has 3 heteroatoms. The highest BCUT2D eigenvalue weighted by atomic mass is 32.2. The number of nitrogens with zero attached hydrogens (tertiary/aromatic N) is 1. The van der Waals surface area contributed by atoms with Crippen molar-refractivity contribution >= 4 is 17.7 Å². The molecule has 1 aliphatic rings. The Hall–Kier alpha value is -0.180. The minimum absolute atomic E-state index is 0.0417. The van der Waals surface area contributed by atoms with Gasteiger partial charge in [-0.3, -0.25) is 4.99 Å². The molecule has 0 aromatic carbocycles. The van der Waals surface area contributed by atoms with Gasteiger partial charge in [0.05, 0.1) is 5.88 Å². The zero-order valence-corrected chi connectivity index (χ0v) is 3.99. The maximum atomic E-state index is 10.1. The molecule has 0 N–H and O–H groups in total. The van der Waals surface area contributed by atoms with E-state index in [0.29, 0.717) is 11.6 Å². The van der Waals surface area contributed by atoms with Crippen molar-refractivity contribution in [1.82, 2.24) is 0 Å². The highest BCUT2D eigenvalue weighted by molar-refractivity contribution is 8.00. The molecule has 6 heavy (non-hydrogen) atoms. The summed E-state index contributed by atoms with van der Waals surface area (Å²) in [5, 5.41) is 10.1. The largest absolute Gasteiger partial charge is 0.861 e.